The van der Waals surface area contributed by atoms with E-state index in [1.54, 1.807) is 23.8 Å². The normalized spacial score (nSPS) is 20.5. The first-order chi connectivity index (χ1) is 7.04. The van der Waals surface area contributed by atoms with Gasteiger partial charge >= 0.3 is 0 Å². The smallest absolute Gasteiger partial charge is 0.236 e. The Bertz CT molecular complexity index is 255. The van der Waals surface area contributed by atoms with Gasteiger partial charge in [0.25, 0.3) is 0 Å². The highest BCUT2D eigenvalue weighted by molar-refractivity contribution is 5.78. The highest BCUT2D eigenvalue weighted by atomic mass is 16.2. The van der Waals surface area contributed by atoms with Crippen LogP contribution in [0.25, 0.3) is 0 Å². The Morgan fingerprint density at radius 1 is 1.53 bits per heavy atom. The van der Waals surface area contributed by atoms with Crippen molar-refractivity contribution in [2.75, 3.05) is 33.2 Å². The second-order valence-corrected chi connectivity index (χ2v) is 4.10. The molecule has 2 amide bonds. The lowest BCUT2D eigenvalue weighted by atomic mass is 10.1. The molecule has 0 spiro atoms. The van der Waals surface area contributed by atoms with Crippen LogP contribution in [0.1, 0.15) is 13.3 Å². The topological polar surface area (TPSA) is 66.6 Å². The molecule has 1 saturated heterocycles. The van der Waals surface area contributed by atoms with E-state index in [-0.39, 0.29) is 18.4 Å². The van der Waals surface area contributed by atoms with Gasteiger partial charge in [-0.25, -0.2) is 0 Å². The van der Waals surface area contributed by atoms with Crippen molar-refractivity contribution in [2.45, 2.75) is 13.3 Å². The Morgan fingerprint density at radius 2 is 2.20 bits per heavy atom. The molecule has 15 heavy (non-hydrogen) atoms. The van der Waals surface area contributed by atoms with E-state index in [1.807, 2.05) is 0 Å². The molecule has 1 atom stereocenters. The largest absolute Gasteiger partial charge is 0.346 e. The average molecular weight is 213 g/mol. The summed E-state index contributed by atoms with van der Waals surface area (Å²) in [4.78, 5) is 25.8. The lowest BCUT2D eigenvalue weighted by Crippen LogP contribution is -2.36. The minimum absolute atomic E-state index is 0.00276. The monoisotopic (exact) mass is 213 g/mol. The third-order valence-corrected chi connectivity index (χ3v) is 2.88. The van der Waals surface area contributed by atoms with E-state index in [4.69, 9.17) is 5.73 Å². The van der Waals surface area contributed by atoms with E-state index in [0.717, 1.165) is 26.1 Å². The van der Waals surface area contributed by atoms with E-state index in [0.29, 0.717) is 5.92 Å². The molecule has 1 heterocycles. The fourth-order valence-electron chi connectivity index (χ4n) is 1.85. The maximum absolute atomic E-state index is 11.3. The molecule has 1 rings (SSSR count). The van der Waals surface area contributed by atoms with Gasteiger partial charge in [-0.05, 0) is 12.3 Å². The third kappa shape index (κ3) is 3.20. The predicted octanol–water partition coefficient (Wildman–Crippen LogP) is -0.728. The molecule has 0 bridgehead atoms. The molecule has 1 aliphatic rings. The van der Waals surface area contributed by atoms with Crippen molar-refractivity contribution in [3.05, 3.63) is 0 Å². The number of likely N-dealkylation sites (tertiary alicyclic amines) is 1. The summed E-state index contributed by atoms with van der Waals surface area (Å²) in [5.74, 6) is 0.468. The molecular weight excluding hydrogens is 194 g/mol. The standard InChI is InChI=1S/C10H19N3O2/c1-8(14)12(2)6-9-3-4-13(7-9)10(15)5-11/h9H,3-7,11H2,1-2H3/t9-/m1/s1. The molecule has 0 radical (unpaired) electrons. The molecule has 5 heteroatoms. The van der Waals surface area contributed by atoms with Gasteiger partial charge in [0.2, 0.25) is 11.8 Å². The fourth-order valence-corrected chi connectivity index (χ4v) is 1.85. The van der Waals surface area contributed by atoms with Crippen LogP contribution in [-0.2, 0) is 9.59 Å². The van der Waals surface area contributed by atoms with E-state index in [2.05, 4.69) is 0 Å². The predicted molar refractivity (Wildman–Crippen MR) is 57.1 cm³/mol. The van der Waals surface area contributed by atoms with Gasteiger partial charge in [0, 0.05) is 33.6 Å². The van der Waals surface area contributed by atoms with E-state index >= 15 is 0 Å². The summed E-state index contributed by atoms with van der Waals surface area (Å²) in [5, 5.41) is 0. The molecule has 0 aliphatic carbocycles. The van der Waals surface area contributed by atoms with Crippen molar-refractivity contribution < 1.29 is 9.59 Å². The van der Waals surface area contributed by atoms with Crippen LogP contribution in [0.2, 0.25) is 0 Å². The highest BCUT2D eigenvalue weighted by Gasteiger charge is 2.26. The summed E-state index contributed by atoms with van der Waals surface area (Å²) >= 11 is 0. The van der Waals surface area contributed by atoms with Gasteiger partial charge in [0.15, 0.2) is 0 Å². The molecule has 1 fully saturated rings. The van der Waals surface area contributed by atoms with Crippen LogP contribution in [0.4, 0.5) is 0 Å². The van der Waals surface area contributed by atoms with Gasteiger partial charge in [-0.1, -0.05) is 0 Å². The van der Waals surface area contributed by atoms with Crippen LogP contribution in [0.3, 0.4) is 0 Å². The molecule has 2 N–H and O–H groups in total. The van der Waals surface area contributed by atoms with Gasteiger partial charge in [0.05, 0.1) is 6.54 Å². The van der Waals surface area contributed by atoms with Crippen LogP contribution in [-0.4, -0.2) is 54.8 Å². The molecule has 0 aromatic rings. The number of amides is 2. The lowest BCUT2D eigenvalue weighted by molar-refractivity contribution is -0.128. The Hall–Kier alpha value is -1.10. The van der Waals surface area contributed by atoms with Crippen LogP contribution >= 0.6 is 0 Å². The minimum Gasteiger partial charge on any atom is -0.346 e. The SMILES string of the molecule is CC(=O)N(C)C[C@H]1CCN(C(=O)CN)C1. The summed E-state index contributed by atoms with van der Waals surface area (Å²) in [5.41, 5.74) is 5.29. The van der Waals surface area contributed by atoms with Gasteiger partial charge < -0.3 is 15.5 Å². The molecule has 0 aromatic heterocycles. The number of rotatable bonds is 3. The molecule has 0 aromatic carbocycles. The van der Waals surface area contributed by atoms with Crippen molar-refractivity contribution in [3.63, 3.8) is 0 Å². The first-order valence-corrected chi connectivity index (χ1v) is 5.24. The van der Waals surface area contributed by atoms with Crippen molar-refractivity contribution >= 4 is 11.8 Å². The van der Waals surface area contributed by atoms with Crippen molar-refractivity contribution in [3.8, 4) is 0 Å². The molecule has 5 nitrogen and oxygen atoms in total. The van der Waals surface area contributed by atoms with Crippen LogP contribution in [0.5, 0.6) is 0 Å². The van der Waals surface area contributed by atoms with Crippen molar-refractivity contribution in [1.29, 1.82) is 0 Å². The van der Waals surface area contributed by atoms with Crippen molar-refractivity contribution in [1.82, 2.24) is 9.80 Å². The first kappa shape index (κ1) is 12.0. The Kier molecular flexibility index (Phi) is 4.08. The summed E-state index contributed by atoms with van der Waals surface area (Å²) < 4.78 is 0. The maximum Gasteiger partial charge on any atom is 0.236 e. The van der Waals surface area contributed by atoms with E-state index in [9.17, 15) is 9.59 Å². The summed E-state index contributed by atoms with van der Waals surface area (Å²) in [6.07, 6.45) is 0.962. The zero-order valence-corrected chi connectivity index (χ0v) is 9.40. The molecule has 86 valence electrons. The highest BCUT2D eigenvalue weighted by Crippen LogP contribution is 2.16. The first-order valence-electron chi connectivity index (χ1n) is 5.24. The third-order valence-electron chi connectivity index (χ3n) is 2.88. The number of carbonyl (C=O) groups excluding carboxylic acids is 2. The van der Waals surface area contributed by atoms with E-state index < -0.39 is 0 Å². The number of hydrogen-bond acceptors (Lipinski definition) is 3. The number of carbonyl (C=O) groups is 2. The molecule has 0 saturated carbocycles. The second-order valence-electron chi connectivity index (χ2n) is 4.10. The molecular formula is C10H19N3O2. The fraction of sp³-hybridized carbons (Fsp3) is 0.800. The Balaban J connectivity index is 2.36. The zero-order valence-electron chi connectivity index (χ0n) is 9.40. The summed E-state index contributed by atoms with van der Waals surface area (Å²) in [7, 11) is 1.79. The van der Waals surface area contributed by atoms with Gasteiger partial charge in [-0.3, -0.25) is 9.59 Å². The van der Waals surface area contributed by atoms with Gasteiger partial charge in [0.1, 0.15) is 0 Å². The average Bonchev–Trinajstić information content (AvgIpc) is 2.65. The Morgan fingerprint density at radius 3 is 2.73 bits per heavy atom. The van der Waals surface area contributed by atoms with Crippen LogP contribution in [0.15, 0.2) is 0 Å². The number of nitrogens with two attached hydrogens (primary N) is 1. The summed E-state index contributed by atoms with van der Waals surface area (Å²) in [6, 6.07) is 0. The Labute approximate surface area is 90.2 Å². The quantitative estimate of drug-likeness (QED) is 0.672. The summed E-state index contributed by atoms with van der Waals surface area (Å²) in [6.45, 7) is 3.86. The maximum atomic E-state index is 11.3. The molecule has 0 unspecified atom stereocenters. The number of nitrogens with zero attached hydrogens (tertiary/aromatic N) is 2. The van der Waals surface area contributed by atoms with Crippen molar-refractivity contribution in [2.24, 2.45) is 11.7 Å². The minimum atomic E-state index is 0.00276. The zero-order chi connectivity index (χ0) is 11.4. The van der Waals surface area contributed by atoms with E-state index in [1.165, 1.54) is 0 Å². The van der Waals surface area contributed by atoms with Gasteiger partial charge in [-0.15, -0.1) is 0 Å². The number of hydrogen-bond donors (Lipinski definition) is 1. The second kappa shape index (κ2) is 5.11. The molecule has 1 aliphatic heterocycles. The van der Waals surface area contributed by atoms with Gasteiger partial charge in [-0.2, -0.15) is 0 Å². The van der Waals surface area contributed by atoms with Crippen LogP contribution in [0, 0.1) is 5.92 Å². The lowest BCUT2D eigenvalue weighted by Gasteiger charge is -2.20. The van der Waals surface area contributed by atoms with Crippen LogP contribution < -0.4 is 5.73 Å².